The molecule has 0 aliphatic rings. The summed E-state index contributed by atoms with van der Waals surface area (Å²) in [5.74, 6) is 0. The van der Waals surface area contributed by atoms with Gasteiger partial charge in [-0.1, -0.05) is 43.7 Å². The molecule has 0 fully saturated rings. The Morgan fingerprint density at radius 1 is 1.25 bits per heavy atom. The minimum absolute atomic E-state index is 0.501. The third-order valence-electron chi connectivity index (χ3n) is 2.74. The van der Waals surface area contributed by atoms with Crippen molar-refractivity contribution in [3.8, 4) is 0 Å². The second kappa shape index (κ2) is 8.31. The van der Waals surface area contributed by atoms with E-state index >= 15 is 0 Å². The van der Waals surface area contributed by atoms with E-state index in [4.69, 9.17) is 4.74 Å². The van der Waals surface area contributed by atoms with Crippen molar-refractivity contribution in [3.63, 3.8) is 0 Å². The maximum atomic E-state index is 5.68. The number of hydrogen-bond acceptors (Lipinski definition) is 2. The van der Waals surface area contributed by atoms with Crippen molar-refractivity contribution in [1.82, 2.24) is 5.32 Å². The molecular weight excluding hydrogens is 198 g/mol. The van der Waals surface area contributed by atoms with Gasteiger partial charge in [0, 0.05) is 6.04 Å². The Bertz CT molecular complexity index is 261. The summed E-state index contributed by atoms with van der Waals surface area (Å²) in [6.07, 6.45) is 3.39. The average Bonchev–Trinajstić information content (AvgIpc) is 2.34. The van der Waals surface area contributed by atoms with Gasteiger partial charge in [-0.3, -0.25) is 0 Å². The van der Waals surface area contributed by atoms with Gasteiger partial charge in [0.2, 0.25) is 0 Å². The number of hydrogen-bond donors (Lipinski definition) is 1. The van der Waals surface area contributed by atoms with Crippen LogP contribution < -0.4 is 5.32 Å². The molecule has 0 aromatic heterocycles. The molecule has 0 bridgehead atoms. The zero-order valence-electron chi connectivity index (χ0n) is 10.4. The molecule has 90 valence electrons. The van der Waals surface area contributed by atoms with Crippen LogP contribution in [0.1, 0.15) is 25.3 Å². The standard InChI is InChI=1S/C14H23NO/c1-3-7-14(15-2)12-16-11-10-13-8-5-4-6-9-13/h4-6,8-9,14-15H,3,7,10-12H2,1-2H3. The fraction of sp³-hybridized carbons (Fsp3) is 0.571. The van der Waals surface area contributed by atoms with Gasteiger partial charge < -0.3 is 10.1 Å². The van der Waals surface area contributed by atoms with E-state index in [1.165, 1.54) is 18.4 Å². The highest BCUT2D eigenvalue weighted by molar-refractivity contribution is 5.14. The van der Waals surface area contributed by atoms with Gasteiger partial charge in [-0.05, 0) is 25.5 Å². The summed E-state index contributed by atoms with van der Waals surface area (Å²) in [7, 11) is 2.00. The van der Waals surface area contributed by atoms with Crippen molar-refractivity contribution in [1.29, 1.82) is 0 Å². The molecule has 0 radical (unpaired) electrons. The van der Waals surface area contributed by atoms with Crippen LogP contribution in [0.2, 0.25) is 0 Å². The van der Waals surface area contributed by atoms with Crippen LogP contribution in [0, 0.1) is 0 Å². The SMILES string of the molecule is CCCC(COCCc1ccccc1)NC. The Morgan fingerprint density at radius 2 is 2.00 bits per heavy atom. The highest BCUT2D eigenvalue weighted by atomic mass is 16.5. The van der Waals surface area contributed by atoms with Crippen LogP contribution in [0.3, 0.4) is 0 Å². The van der Waals surface area contributed by atoms with Crippen LogP contribution in [0.25, 0.3) is 0 Å². The smallest absolute Gasteiger partial charge is 0.0619 e. The van der Waals surface area contributed by atoms with Crippen molar-refractivity contribution in [3.05, 3.63) is 35.9 Å². The summed E-state index contributed by atoms with van der Waals surface area (Å²) in [4.78, 5) is 0. The molecule has 2 nitrogen and oxygen atoms in total. The van der Waals surface area contributed by atoms with E-state index in [0.29, 0.717) is 6.04 Å². The number of ether oxygens (including phenoxy) is 1. The second-order valence-electron chi connectivity index (χ2n) is 4.08. The molecule has 2 heteroatoms. The lowest BCUT2D eigenvalue weighted by molar-refractivity contribution is 0.113. The van der Waals surface area contributed by atoms with Crippen molar-refractivity contribution >= 4 is 0 Å². The molecule has 1 aromatic rings. The predicted octanol–water partition coefficient (Wildman–Crippen LogP) is 2.63. The molecule has 0 aliphatic carbocycles. The fourth-order valence-corrected chi connectivity index (χ4v) is 1.72. The van der Waals surface area contributed by atoms with E-state index in [1.54, 1.807) is 0 Å². The van der Waals surface area contributed by atoms with Crippen LogP contribution in [-0.4, -0.2) is 26.3 Å². The van der Waals surface area contributed by atoms with Gasteiger partial charge in [-0.25, -0.2) is 0 Å². The summed E-state index contributed by atoms with van der Waals surface area (Å²) >= 11 is 0. The predicted molar refractivity (Wildman–Crippen MR) is 68.7 cm³/mol. The summed E-state index contributed by atoms with van der Waals surface area (Å²) < 4.78 is 5.68. The summed E-state index contributed by atoms with van der Waals surface area (Å²) in [6, 6.07) is 11.0. The van der Waals surface area contributed by atoms with E-state index in [1.807, 2.05) is 13.1 Å². The average molecular weight is 221 g/mol. The van der Waals surface area contributed by atoms with Gasteiger partial charge >= 0.3 is 0 Å². The van der Waals surface area contributed by atoms with Crippen LogP contribution in [0.5, 0.6) is 0 Å². The van der Waals surface area contributed by atoms with E-state index < -0.39 is 0 Å². The lowest BCUT2D eigenvalue weighted by Gasteiger charge is -2.15. The molecule has 0 aliphatic heterocycles. The molecule has 0 saturated carbocycles. The molecule has 0 heterocycles. The van der Waals surface area contributed by atoms with E-state index in [9.17, 15) is 0 Å². The highest BCUT2D eigenvalue weighted by Gasteiger charge is 2.03. The zero-order chi connectivity index (χ0) is 11.6. The van der Waals surface area contributed by atoms with Crippen LogP contribution >= 0.6 is 0 Å². The minimum Gasteiger partial charge on any atom is -0.379 e. The summed E-state index contributed by atoms with van der Waals surface area (Å²) in [5, 5.41) is 3.28. The first-order chi connectivity index (χ1) is 7.86. The quantitative estimate of drug-likeness (QED) is 0.681. The minimum atomic E-state index is 0.501. The number of benzene rings is 1. The van der Waals surface area contributed by atoms with Crippen molar-refractivity contribution in [2.75, 3.05) is 20.3 Å². The topological polar surface area (TPSA) is 21.3 Å². The fourth-order valence-electron chi connectivity index (χ4n) is 1.72. The van der Waals surface area contributed by atoms with Gasteiger partial charge in [0.05, 0.1) is 13.2 Å². The van der Waals surface area contributed by atoms with Gasteiger partial charge in [-0.15, -0.1) is 0 Å². The molecule has 1 aromatic carbocycles. The first-order valence-electron chi connectivity index (χ1n) is 6.15. The Balaban J connectivity index is 2.11. The Kier molecular flexibility index (Phi) is 6.86. The largest absolute Gasteiger partial charge is 0.379 e. The molecule has 1 atom stereocenters. The Hall–Kier alpha value is -0.860. The molecular formula is C14H23NO. The third-order valence-corrected chi connectivity index (χ3v) is 2.74. The first-order valence-corrected chi connectivity index (χ1v) is 6.15. The first kappa shape index (κ1) is 13.2. The Labute approximate surface area is 99.0 Å². The second-order valence-corrected chi connectivity index (χ2v) is 4.08. The number of likely N-dealkylation sites (N-methyl/N-ethyl adjacent to an activating group) is 1. The molecule has 1 N–H and O–H groups in total. The third kappa shape index (κ3) is 5.29. The van der Waals surface area contributed by atoms with E-state index in [2.05, 4.69) is 36.5 Å². The maximum Gasteiger partial charge on any atom is 0.0619 e. The van der Waals surface area contributed by atoms with Crippen molar-refractivity contribution < 1.29 is 4.74 Å². The van der Waals surface area contributed by atoms with Gasteiger partial charge in [0.15, 0.2) is 0 Å². The van der Waals surface area contributed by atoms with E-state index in [0.717, 1.165) is 19.6 Å². The lowest BCUT2D eigenvalue weighted by Crippen LogP contribution is -2.30. The summed E-state index contributed by atoms with van der Waals surface area (Å²) in [5.41, 5.74) is 1.35. The van der Waals surface area contributed by atoms with Crippen LogP contribution in [-0.2, 0) is 11.2 Å². The van der Waals surface area contributed by atoms with Gasteiger partial charge in [0.1, 0.15) is 0 Å². The van der Waals surface area contributed by atoms with Crippen LogP contribution in [0.15, 0.2) is 30.3 Å². The molecule has 16 heavy (non-hydrogen) atoms. The summed E-state index contributed by atoms with van der Waals surface area (Å²) in [6.45, 7) is 3.83. The molecule has 1 unspecified atom stereocenters. The number of rotatable bonds is 8. The molecule has 0 spiro atoms. The Morgan fingerprint density at radius 3 is 2.62 bits per heavy atom. The monoisotopic (exact) mass is 221 g/mol. The van der Waals surface area contributed by atoms with Gasteiger partial charge in [0.25, 0.3) is 0 Å². The van der Waals surface area contributed by atoms with Gasteiger partial charge in [-0.2, -0.15) is 0 Å². The number of nitrogens with one attached hydrogen (secondary N) is 1. The zero-order valence-corrected chi connectivity index (χ0v) is 10.4. The van der Waals surface area contributed by atoms with E-state index in [-0.39, 0.29) is 0 Å². The van der Waals surface area contributed by atoms with Crippen molar-refractivity contribution in [2.24, 2.45) is 0 Å². The normalized spacial score (nSPS) is 12.6. The maximum absolute atomic E-state index is 5.68. The molecule has 0 saturated heterocycles. The molecule has 1 rings (SSSR count). The van der Waals surface area contributed by atoms with Crippen LogP contribution in [0.4, 0.5) is 0 Å². The molecule has 0 amide bonds. The lowest BCUT2D eigenvalue weighted by atomic mass is 10.1. The van der Waals surface area contributed by atoms with Crippen molar-refractivity contribution in [2.45, 2.75) is 32.2 Å². The highest BCUT2D eigenvalue weighted by Crippen LogP contribution is 2.01.